The molecule has 2 rings (SSSR count). The highest BCUT2D eigenvalue weighted by Crippen LogP contribution is 2.40. The van der Waals surface area contributed by atoms with Crippen LogP contribution in [0.5, 0.6) is 0 Å². The molecule has 2 aliphatic rings. The van der Waals surface area contributed by atoms with Gasteiger partial charge >= 0.3 is 0 Å². The van der Waals surface area contributed by atoms with Crippen molar-refractivity contribution in [2.45, 2.75) is 58.4 Å². The van der Waals surface area contributed by atoms with E-state index in [0.29, 0.717) is 5.41 Å². The van der Waals surface area contributed by atoms with Crippen LogP contribution >= 0.6 is 0 Å². The van der Waals surface area contributed by atoms with Crippen LogP contribution in [0.15, 0.2) is 0 Å². The van der Waals surface area contributed by atoms with Crippen molar-refractivity contribution >= 4 is 0 Å². The third-order valence-electron chi connectivity index (χ3n) is 4.85. The van der Waals surface area contributed by atoms with Gasteiger partial charge in [-0.15, -0.1) is 0 Å². The molecule has 94 valence electrons. The van der Waals surface area contributed by atoms with E-state index >= 15 is 0 Å². The van der Waals surface area contributed by atoms with E-state index in [0.717, 1.165) is 18.5 Å². The average molecular weight is 224 g/mol. The maximum Gasteiger partial charge on any atom is 0.00676 e. The highest BCUT2D eigenvalue weighted by molar-refractivity contribution is 4.91. The zero-order valence-corrected chi connectivity index (χ0v) is 11.0. The van der Waals surface area contributed by atoms with Gasteiger partial charge in [0.25, 0.3) is 0 Å². The third-order valence-corrected chi connectivity index (χ3v) is 4.85. The highest BCUT2D eigenvalue weighted by atomic mass is 15.2. The zero-order chi connectivity index (χ0) is 11.6. The van der Waals surface area contributed by atoms with Crippen molar-refractivity contribution in [3.63, 3.8) is 0 Å². The van der Waals surface area contributed by atoms with E-state index in [1.165, 1.54) is 51.6 Å². The van der Waals surface area contributed by atoms with Gasteiger partial charge in [0.05, 0.1) is 0 Å². The minimum atomic E-state index is 0.441. The van der Waals surface area contributed by atoms with Crippen molar-refractivity contribution in [1.29, 1.82) is 0 Å². The molecule has 0 spiro atoms. The molecule has 1 saturated carbocycles. The Hall–Kier alpha value is -0.0800. The van der Waals surface area contributed by atoms with E-state index in [2.05, 4.69) is 18.7 Å². The Morgan fingerprint density at radius 2 is 2.06 bits per heavy atom. The molecule has 2 fully saturated rings. The van der Waals surface area contributed by atoms with E-state index in [1.807, 2.05) is 0 Å². The van der Waals surface area contributed by atoms with Crippen LogP contribution < -0.4 is 5.73 Å². The van der Waals surface area contributed by atoms with Crippen molar-refractivity contribution in [1.82, 2.24) is 4.90 Å². The van der Waals surface area contributed by atoms with Crippen molar-refractivity contribution in [3.8, 4) is 0 Å². The van der Waals surface area contributed by atoms with E-state index in [9.17, 15) is 0 Å². The Bertz CT molecular complexity index is 229. The first-order valence-electron chi connectivity index (χ1n) is 7.09. The van der Waals surface area contributed by atoms with E-state index in [1.54, 1.807) is 0 Å². The number of nitrogens with zero attached hydrogens (tertiary/aromatic N) is 1. The summed E-state index contributed by atoms with van der Waals surface area (Å²) < 4.78 is 0. The maximum atomic E-state index is 6.10. The lowest BCUT2D eigenvalue weighted by atomic mass is 9.69. The second-order valence-corrected chi connectivity index (χ2v) is 6.37. The monoisotopic (exact) mass is 224 g/mol. The van der Waals surface area contributed by atoms with Crippen LogP contribution in [-0.4, -0.2) is 30.6 Å². The second-order valence-electron chi connectivity index (χ2n) is 6.37. The first kappa shape index (κ1) is 12.4. The van der Waals surface area contributed by atoms with Gasteiger partial charge in [-0.1, -0.05) is 19.8 Å². The lowest BCUT2D eigenvalue weighted by Gasteiger charge is -2.42. The molecule has 3 unspecified atom stereocenters. The molecule has 1 saturated heterocycles. The van der Waals surface area contributed by atoms with E-state index in [-0.39, 0.29) is 0 Å². The quantitative estimate of drug-likeness (QED) is 0.798. The molecule has 3 atom stereocenters. The Morgan fingerprint density at radius 3 is 2.62 bits per heavy atom. The summed E-state index contributed by atoms with van der Waals surface area (Å²) in [4.78, 5) is 2.69. The Morgan fingerprint density at radius 1 is 1.25 bits per heavy atom. The number of hydrogen-bond donors (Lipinski definition) is 1. The molecule has 2 N–H and O–H groups in total. The third kappa shape index (κ3) is 2.60. The molecule has 1 aliphatic heterocycles. The van der Waals surface area contributed by atoms with Gasteiger partial charge in [0.2, 0.25) is 0 Å². The van der Waals surface area contributed by atoms with Gasteiger partial charge in [0.15, 0.2) is 0 Å². The number of nitrogens with two attached hydrogens (primary N) is 1. The van der Waals surface area contributed by atoms with Gasteiger partial charge in [-0.2, -0.15) is 0 Å². The number of rotatable bonds is 3. The fraction of sp³-hybridized carbons (Fsp3) is 1.00. The van der Waals surface area contributed by atoms with Crippen LogP contribution in [0.4, 0.5) is 0 Å². The lowest BCUT2D eigenvalue weighted by molar-refractivity contribution is 0.0852. The van der Waals surface area contributed by atoms with Crippen LogP contribution in [0.3, 0.4) is 0 Å². The number of hydrogen-bond acceptors (Lipinski definition) is 2. The Kier molecular flexibility index (Phi) is 3.91. The lowest BCUT2D eigenvalue weighted by Crippen LogP contribution is -2.46. The van der Waals surface area contributed by atoms with Gasteiger partial charge in [0, 0.05) is 12.6 Å². The molecule has 1 aliphatic carbocycles. The Labute approximate surface area is 101 Å². The standard InChI is InChI=1S/C14H28N2/c1-12-5-3-7-14(9-12,10-15)11-16-8-4-6-13(16)2/h12-13H,3-11,15H2,1-2H3. The fourth-order valence-electron chi connectivity index (χ4n) is 3.82. The van der Waals surface area contributed by atoms with E-state index < -0.39 is 0 Å². The maximum absolute atomic E-state index is 6.10. The normalized spacial score (nSPS) is 41.4. The van der Waals surface area contributed by atoms with Gasteiger partial charge in [-0.3, -0.25) is 0 Å². The molecule has 2 heteroatoms. The summed E-state index contributed by atoms with van der Waals surface area (Å²) in [5, 5.41) is 0. The summed E-state index contributed by atoms with van der Waals surface area (Å²) in [5.74, 6) is 0.884. The van der Waals surface area contributed by atoms with E-state index in [4.69, 9.17) is 5.73 Å². The molecular weight excluding hydrogens is 196 g/mol. The highest BCUT2D eigenvalue weighted by Gasteiger charge is 2.37. The smallest absolute Gasteiger partial charge is 0.00676 e. The van der Waals surface area contributed by atoms with Gasteiger partial charge in [-0.05, 0) is 57.0 Å². The molecule has 0 amide bonds. The molecule has 0 aromatic heterocycles. The van der Waals surface area contributed by atoms with Gasteiger partial charge in [0.1, 0.15) is 0 Å². The minimum Gasteiger partial charge on any atom is -0.330 e. The van der Waals surface area contributed by atoms with Crippen molar-refractivity contribution in [2.75, 3.05) is 19.6 Å². The summed E-state index contributed by atoms with van der Waals surface area (Å²) in [5.41, 5.74) is 6.54. The summed E-state index contributed by atoms with van der Waals surface area (Å²) in [6, 6.07) is 0.792. The van der Waals surface area contributed by atoms with Crippen LogP contribution in [0.25, 0.3) is 0 Å². The number of likely N-dealkylation sites (tertiary alicyclic amines) is 1. The largest absolute Gasteiger partial charge is 0.330 e. The molecule has 0 radical (unpaired) electrons. The second kappa shape index (κ2) is 5.05. The van der Waals surface area contributed by atoms with Gasteiger partial charge in [-0.25, -0.2) is 0 Å². The van der Waals surface area contributed by atoms with Crippen LogP contribution in [-0.2, 0) is 0 Å². The predicted octanol–water partition coefficient (Wildman–Crippen LogP) is 2.63. The summed E-state index contributed by atoms with van der Waals surface area (Å²) >= 11 is 0. The molecule has 2 nitrogen and oxygen atoms in total. The van der Waals surface area contributed by atoms with Crippen LogP contribution in [0, 0.1) is 11.3 Å². The van der Waals surface area contributed by atoms with Crippen molar-refractivity contribution < 1.29 is 0 Å². The molecule has 1 heterocycles. The molecular formula is C14H28N2. The van der Waals surface area contributed by atoms with Crippen molar-refractivity contribution in [2.24, 2.45) is 17.1 Å². The topological polar surface area (TPSA) is 29.3 Å². The molecule has 0 aromatic rings. The van der Waals surface area contributed by atoms with Gasteiger partial charge < -0.3 is 10.6 Å². The first-order chi connectivity index (χ1) is 7.65. The molecule has 0 aromatic carbocycles. The molecule has 16 heavy (non-hydrogen) atoms. The van der Waals surface area contributed by atoms with Crippen LogP contribution in [0.1, 0.15) is 52.4 Å². The van der Waals surface area contributed by atoms with Crippen LogP contribution in [0.2, 0.25) is 0 Å². The fourth-order valence-corrected chi connectivity index (χ4v) is 3.82. The summed E-state index contributed by atoms with van der Waals surface area (Å²) in [7, 11) is 0. The zero-order valence-electron chi connectivity index (χ0n) is 11.0. The predicted molar refractivity (Wildman–Crippen MR) is 69.4 cm³/mol. The SMILES string of the molecule is CC1CCCC(CN)(CN2CCCC2C)C1. The Balaban J connectivity index is 1.97. The average Bonchev–Trinajstić information content (AvgIpc) is 2.64. The molecule has 0 bridgehead atoms. The first-order valence-corrected chi connectivity index (χ1v) is 7.09. The minimum absolute atomic E-state index is 0.441. The summed E-state index contributed by atoms with van der Waals surface area (Å²) in [6.45, 7) is 8.23. The summed E-state index contributed by atoms with van der Waals surface area (Å²) in [6.07, 6.45) is 8.29. The van der Waals surface area contributed by atoms with Crippen molar-refractivity contribution in [3.05, 3.63) is 0 Å².